The topological polar surface area (TPSA) is 79.2 Å². The number of quaternary nitrogens is 1. The number of nitrogens with one attached hydrogen (secondary N) is 4. The van der Waals surface area contributed by atoms with Gasteiger partial charge >= 0.3 is 0 Å². The maximum atomic E-state index is 12.1. The number of fused-ring (bicyclic) bond motifs is 1. The van der Waals surface area contributed by atoms with Crippen LogP contribution in [-0.4, -0.2) is 32.1 Å². The van der Waals surface area contributed by atoms with Gasteiger partial charge in [-0.25, -0.2) is 5.17 Å². The van der Waals surface area contributed by atoms with Crippen molar-refractivity contribution in [2.75, 3.05) is 41.7 Å². The molecule has 1 unspecified atom stereocenters. The first kappa shape index (κ1) is 14.9. The second-order valence-electron chi connectivity index (χ2n) is 5.85. The average Bonchev–Trinajstić information content (AvgIpc) is 2.63. The zero-order valence-corrected chi connectivity index (χ0v) is 13.2. The fourth-order valence-corrected chi connectivity index (χ4v) is 3.00. The molecule has 0 amide bonds. The first-order valence-corrected chi connectivity index (χ1v) is 8.11. The average molecular weight is 324 g/mol. The van der Waals surface area contributed by atoms with Gasteiger partial charge in [0.1, 0.15) is 5.69 Å². The van der Waals surface area contributed by atoms with Gasteiger partial charge in [0.05, 0.1) is 0 Å². The lowest BCUT2D eigenvalue weighted by Crippen LogP contribution is -2.98. The van der Waals surface area contributed by atoms with Crippen LogP contribution in [0.3, 0.4) is 0 Å². The third-order valence-electron chi connectivity index (χ3n) is 4.21. The number of nitrogens with zero attached hydrogens (tertiary/aromatic N) is 2. The minimum absolute atomic E-state index is 0.231. The summed E-state index contributed by atoms with van der Waals surface area (Å²) >= 11 is 0. The number of hydrogen-bond acceptors (Lipinski definition) is 6. The van der Waals surface area contributed by atoms with E-state index in [4.69, 9.17) is 0 Å². The number of guanidine groups is 1. The van der Waals surface area contributed by atoms with Gasteiger partial charge < -0.3 is 26.1 Å². The molecule has 4 rings (SSSR count). The molecule has 1 saturated heterocycles. The molecule has 1 atom stereocenters. The van der Waals surface area contributed by atoms with Crippen LogP contribution in [0.1, 0.15) is 0 Å². The smallest absolute Gasteiger partial charge is 0.260 e. The molecule has 124 valence electrons. The highest BCUT2D eigenvalue weighted by molar-refractivity contribution is 6.05. The molecule has 0 saturated carbocycles. The van der Waals surface area contributed by atoms with Crippen LogP contribution >= 0.6 is 0 Å². The van der Waals surface area contributed by atoms with Crippen molar-refractivity contribution in [3.8, 4) is 0 Å². The van der Waals surface area contributed by atoms with Crippen molar-refractivity contribution in [3.63, 3.8) is 0 Å². The summed E-state index contributed by atoms with van der Waals surface area (Å²) in [5, 5.41) is 25.7. The SMILES string of the molecule is [O-][NH+]1N=C(Nc2cccc(N3CCNCC3)c2)Nc2ccccc21. The highest BCUT2D eigenvalue weighted by atomic mass is 16.5. The Morgan fingerprint density at radius 1 is 1.08 bits per heavy atom. The predicted octanol–water partition coefficient (Wildman–Crippen LogP) is 0.919. The first-order valence-electron chi connectivity index (χ1n) is 8.11. The fourth-order valence-electron chi connectivity index (χ4n) is 3.00. The lowest BCUT2D eigenvalue weighted by Gasteiger charge is -2.30. The molecule has 2 aliphatic heterocycles. The Hall–Kier alpha value is -2.61. The van der Waals surface area contributed by atoms with E-state index in [0.29, 0.717) is 11.6 Å². The summed E-state index contributed by atoms with van der Waals surface area (Å²) in [6.07, 6.45) is 0. The summed E-state index contributed by atoms with van der Waals surface area (Å²) in [7, 11) is 0. The Morgan fingerprint density at radius 2 is 1.92 bits per heavy atom. The minimum Gasteiger partial charge on any atom is -0.601 e. The Morgan fingerprint density at radius 3 is 2.79 bits per heavy atom. The fraction of sp³-hybridized carbons (Fsp3) is 0.235. The van der Waals surface area contributed by atoms with E-state index in [2.05, 4.69) is 38.1 Å². The van der Waals surface area contributed by atoms with E-state index in [1.165, 1.54) is 5.69 Å². The van der Waals surface area contributed by atoms with Crippen LogP contribution in [-0.2, 0) is 0 Å². The Labute approximate surface area is 140 Å². The van der Waals surface area contributed by atoms with Gasteiger partial charge in [-0.1, -0.05) is 18.2 Å². The molecule has 2 aromatic carbocycles. The molecule has 0 bridgehead atoms. The largest absolute Gasteiger partial charge is 0.601 e. The van der Waals surface area contributed by atoms with E-state index < -0.39 is 0 Å². The Balaban J connectivity index is 1.52. The van der Waals surface area contributed by atoms with Gasteiger partial charge in [0, 0.05) is 43.6 Å². The van der Waals surface area contributed by atoms with Crippen LogP contribution in [0.4, 0.5) is 22.7 Å². The quantitative estimate of drug-likeness (QED) is 0.618. The van der Waals surface area contributed by atoms with E-state index in [1.807, 2.05) is 30.3 Å². The van der Waals surface area contributed by atoms with Crippen molar-refractivity contribution < 1.29 is 5.17 Å². The zero-order chi connectivity index (χ0) is 16.4. The monoisotopic (exact) mass is 324 g/mol. The van der Waals surface area contributed by atoms with Crippen LogP contribution in [0.5, 0.6) is 0 Å². The van der Waals surface area contributed by atoms with Gasteiger partial charge in [-0.05, 0) is 29.4 Å². The van der Waals surface area contributed by atoms with Crippen LogP contribution in [0.25, 0.3) is 0 Å². The minimum atomic E-state index is -0.231. The summed E-state index contributed by atoms with van der Waals surface area (Å²) in [4.78, 5) is 2.35. The zero-order valence-electron chi connectivity index (χ0n) is 13.2. The predicted molar refractivity (Wildman–Crippen MR) is 96.6 cm³/mol. The van der Waals surface area contributed by atoms with Crippen molar-refractivity contribution in [1.82, 2.24) is 5.32 Å². The van der Waals surface area contributed by atoms with Gasteiger partial charge in [-0.3, -0.25) is 0 Å². The third-order valence-corrected chi connectivity index (χ3v) is 4.21. The lowest BCUT2D eigenvalue weighted by molar-refractivity contribution is -0.783. The molecule has 1 fully saturated rings. The maximum Gasteiger partial charge on any atom is 0.260 e. The Kier molecular flexibility index (Phi) is 4.04. The molecule has 7 heteroatoms. The highest BCUT2D eigenvalue weighted by Gasteiger charge is 2.18. The van der Waals surface area contributed by atoms with Crippen LogP contribution in [0.2, 0.25) is 0 Å². The molecule has 0 aromatic heterocycles. The molecule has 4 N–H and O–H groups in total. The molecule has 0 spiro atoms. The van der Waals surface area contributed by atoms with E-state index in [1.54, 1.807) is 6.07 Å². The number of anilines is 3. The number of piperazine rings is 1. The van der Waals surface area contributed by atoms with Gasteiger partial charge in [-0.15, -0.1) is 0 Å². The van der Waals surface area contributed by atoms with E-state index in [9.17, 15) is 5.21 Å². The maximum absolute atomic E-state index is 12.1. The van der Waals surface area contributed by atoms with E-state index >= 15 is 0 Å². The van der Waals surface area contributed by atoms with Crippen LogP contribution < -0.4 is 26.0 Å². The first-order chi connectivity index (χ1) is 11.8. The van der Waals surface area contributed by atoms with Crippen LogP contribution in [0.15, 0.2) is 53.6 Å². The van der Waals surface area contributed by atoms with Gasteiger partial charge in [0.2, 0.25) is 0 Å². The number of benzene rings is 2. The lowest BCUT2D eigenvalue weighted by atomic mass is 10.2. The highest BCUT2D eigenvalue weighted by Crippen LogP contribution is 2.22. The van der Waals surface area contributed by atoms with Crippen molar-refractivity contribution in [1.29, 1.82) is 0 Å². The summed E-state index contributed by atoms with van der Waals surface area (Å²) in [6.45, 7) is 3.98. The normalized spacial score (nSPS) is 20.0. The summed E-state index contributed by atoms with van der Waals surface area (Å²) in [6, 6.07) is 15.6. The van der Waals surface area contributed by atoms with Crippen LogP contribution in [0, 0.1) is 5.21 Å². The molecule has 0 radical (unpaired) electrons. The van der Waals surface area contributed by atoms with Crippen molar-refractivity contribution in [3.05, 3.63) is 53.7 Å². The van der Waals surface area contributed by atoms with Gasteiger partial charge in [0.25, 0.3) is 5.96 Å². The van der Waals surface area contributed by atoms with Crippen molar-refractivity contribution in [2.45, 2.75) is 0 Å². The van der Waals surface area contributed by atoms with Crippen molar-refractivity contribution in [2.24, 2.45) is 5.10 Å². The summed E-state index contributed by atoms with van der Waals surface area (Å²) < 4.78 is 0. The van der Waals surface area contributed by atoms with Crippen molar-refractivity contribution >= 4 is 28.7 Å². The molecule has 24 heavy (non-hydrogen) atoms. The number of rotatable bonds is 2. The summed E-state index contributed by atoms with van der Waals surface area (Å²) in [5.74, 6) is 0.455. The molecule has 7 nitrogen and oxygen atoms in total. The second kappa shape index (κ2) is 6.48. The van der Waals surface area contributed by atoms with E-state index in [-0.39, 0.29) is 5.17 Å². The second-order valence-corrected chi connectivity index (χ2v) is 5.85. The molecular weight excluding hydrogens is 304 g/mol. The molecule has 2 heterocycles. The molecule has 0 aliphatic carbocycles. The molecule has 2 aliphatic rings. The summed E-state index contributed by atoms with van der Waals surface area (Å²) in [5.41, 5.74) is 3.45. The Bertz CT molecular complexity index is 756. The molecular formula is C17H20N6O. The number of para-hydroxylation sites is 1. The standard InChI is InChI=1S/C17H20N6O/c24-23-16-7-2-1-6-15(16)20-17(21-23)19-13-4-3-5-14(12-13)22-10-8-18-9-11-22/h1-7,12,18,23H,8-11H2,(H2,19,20,21). The van der Waals surface area contributed by atoms with Gasteiger partial charge in [0.15, 0.2) is 5.69 Å². The number of hydrogen-bond donors (Lipinski definition) is 4. The molecule has 2 aromatic rings. The third kappa shape index (κ3) is 3.05. The van der Waals surface area contributed by atoms with Gasteiger partial charge in [-0.2, -0.15) is 0 Å². The van der Waals surface area contributed by atoms with E-state index in [0.717, 1.165) is 37.6 Å².